The Bertz CT molecular complexity index is 1120. The number of carbonyl (C=O) groups excluding carboxylic acids is 1. The quantitative estimate of drug-likeness (QED) is 0.694. The third kappa shape index (κ3) is 4.20. The van der Waals surface area contributed by atoms with Gasteiger partial charge in [0.2, 0.25) is 22.7 Å². The first-order valence-electron chi connectivity index (χ1n) is 11.3. The van der Waals surface area contributed by atoms with Crippen LogP contribution in [0.4, 0.5) is 0 Å². The zero-order chi connectivity index (χ0) is 22.9. The molecule has 1 N–H and O–H groups in total. The maximum atomic E-state index is 13.2. The maximum absolute atomic E-state index is 13.2. The fourth-order valence-electron chi connectivity index (χ4n) is 4.95. The number of benzene rings is 2. The van der Waals surface area contributed by atoms with Crippen LogP contribution in [0.15, 0.2) is 53.4 Å². The second-order valence-electron chi connectivity index (χ2n) is 8.77. The van der Waals surface area contributed by atoms with Crippen molar-refractivity contribution >= 4 is 15.9 Å². The molecule has 0 aromatic heterocycles. The number of carbonyl (C=O) groups is 1. The summed E-state index contributed by atoms with van der Waals surface area (Å²) in [7, 11) is -3.73. The monoisotopic (exact) mass is 472 g/mol. The first-order valence-corrected chi connectivity index (χ1v) is 12.8. The van der Waals surface area contributed by atoms with Gasteiger partial charge in [0, 0.05) is 31.7 Å². The first-order chi connectivity index (χ1) is 16.0. The molecule has 3 aliphatic rings. The van der Waals surface area contributed by atoms with Gasteiger partial charge in [0.25, 0.3) is 0 Å². The van der Waals surface area contributed by atoms with Crippen LogP contribution < -0.4 is 14.8 Å². The van der Waals surface area contributed by atoms with Crippen LogP contribution in [0.25, 0.3) is 0 Å². The lowest BCUT2D eigenvalue weighted by molar-refractivity contribution is -0.124. The maximum Gasteiger partial charge on any atom is 0.243 e. The van der Waals surface area contributed by atoms with Gasteiger partial charge >= 0.3 is 0 Å². The van der Waals surface area contributed by atoms with E-state index in [1.807, 2.05) is 18.2 Å². The van der Waals surface area contributed by atoms with E-state index in [0.29, 0.717) is 44.9 Å². The lowest BCUT2D eigenvalue weighted by Crippen LogP contribution is -2.50. The summed E-state index contributed by atoms with van der Waals surface area (Å²) >= 11 is 0. The van der Waals surface area contributed by atoms with Crippen molar-refractivity contribution in [2.75, 3.05) is 33.1 Å². The van der Waals surface area contributed by atoms with E-state index in [9.17, 15) is 13.2 Å². The normalized spacial score (nSPS) is 22.2. The van der Waals surface area contributed by atoms with Crippen LogP contribution in [0.3, 0.4) is 0 Å². The zero-order valence-electron chi connectivity index (χ0n) is 18.4. The molecule has 5 rings (SSSR count). The van der Waals surface area contributed by atoms with E-state index in [1.165, 1.54) is 4.31 Å². The molecule has 2 saturated heterocycles. The predicted molar refractivity (Wildman–Crippen MR) is 121 cm³/mol. The number of hydrogen-bond acceptors (Lipinski definition) is 6. The number of sulfonamides is 1. The van der Waals surface area contributed by atoms with Crippen molar-refractivity contribution in [1.82, 2.24) is 9.62 Å². The SMILES string of the molecule is O=C(NCC1(c2ccc3c(c2)OCO3)CCOCC1)C1CCCN1S(=O)(=O)c1ccccc1. The van der Waals surface area contributed by atoms with Gasteiger partial charge < -0.3 is 19.5 Å². The summed E-state index contributed by atoms with van der Waals surface area (Å²) in [6.45, 7) is 2.16. The minimum Gasteiger partial charge on any atom is -0.454 e. The molecular formula is C24H28N2O6S. The molecule has 176 valence electrons. The highest BCUT2D eigenvalue weighted by Crippen LogP contribution is 2.40. The average molecular weight is 473 g/mol. The molecule has 0 spiro atoms. The number of rotatable bonds is 6. The van der Waals surface area contributed by atoms with Crippen LogP contribution in [0, 0.1) is 0 Å². The van der Waals surface area contributed by atoms with Crippen molar-refractivity contribution in [2.24, 2.45) is 0 Å². The largest absolute Gasteiger partial charge is 0.454 e. The fraction of sp³-hybridized carbons (Fsp3) is 0.458. The van der Waals surface area contributed by atoms with Crippen molar-refractivity contribution in [3.8, 4) is 11.5 Å². The van der Waals surface area contributed by atoms with Crippen molar-refractivity contribution in [2.45, 2.75) is 42.0 Å². The number of hydrogen-bond donors (Lipinski definition) is 1. The molecule has 2 aromatic carbocycles. The summed E-state index contributed by atoms with van der Waals surface area (Å²) in [5.74, 6) is 1.18. The highest BCUT2D eigenvalue weighted by atomic mass is 32.2. The van der Waals surface area contributed by atoms with Crippen LogP contribution >= 0.6 is 0 Å². The van der Waals surface area contributed by atoms with Gasteiger partial charge in [0.15, 0.2) is 11.5 Å². The molecule has 2 fully saturated rings. The molecule has 1 amide bonds. The third-order valence-corrected chi connectivity index (χ3v) is 8.81. The van der Waals surface area contributed by atoms with Crippen molar-refractivity contribution in [3.05, 3.63) is 54.1 Å². The molecule has 9 heteroatoms. The molecule has 3 aliphatic heterocycles. The third-order valence-electron chi connectivity index (χ3n) is 6.89. The summed E-state index contributed by atoms with van der Waals surface area (Å²) in [6.07, 6.45) is 2.68. The number of nitrogens with one attached hydrogen (secondary N) is 1. The number of fused-ring (bicyclic) bond motifs is 1. The van der Waals surface area contributed by atoms with Crippen molar-refractivity contribution in [3.63, 3.8) is 0 Å². The fourth-order valence-corrected chi connectivity index (χ4v) is 6.63. The molecule has 8 nitrogen and oxygen atoms in total. The van der Waals surface area contributed by atoms with E-state index in [2.05, 4.69) is 5.32 Å². The van der Waals surface area contributed by atoms with Gasteiger partial charge in [-0.3, -0.25) is 4.79 Å². The van der Waals surface area contributed by atoms with E-state index < -0.39 is 16.1 Å². The Morgan fingerprint density at radius 3 is 2.61 bits per heavy atom. The molecule has 3 heterocycles. The number of ether oxygens (including phenoxy) is 3. The molecule has 0 aliphatic carbocycles. The van der Waals surface area contributed by atoms with E-state index in [-0.39, 0.29) is 23.0 Å². The molecule has 1 atom stereocenters. The second-order valence-corrected chi connectivity index (χ2v) is 10.7. The van der Waals surface area contributed by atoms with Crippen LogP contribution in [0.2, 0.25) is 0 Å². The Morgan fingerprint density at radius 1 is 1.06 bits per heavy atom. The summed E-state index contributed by atoms with van der Waals surface area (Å²) in [5, 5.41) is 3.08. The lowest BCUT2D eigenvalue weighted by Gasteiger charge is -2.38. The molecule has 33 heavy (non-hydrogen) atoms. The van der Waals surface area contributed by atoms with Gasteiger partial charge in [-0.1, -0.05) is 24.3 Å². The lowest BCUT2D eigenvalue weighted by atomic mass is 9.74. The predicted octanol–water partition coefficient (Wildman–Crippen LogP) is 2.43. The Hall–Kier alpha value is -2.62. The molecule has 0 bridgehead atoms. The Labute approximate surface area is 193 Å². The molecule has 1 unspecified atom stereocenters. The van der Waals surface area contributed by atoms with E-state index in [0.717, 1.165) is 24.2 Å². The van der Waals surface area contributed by atoms with Gasteiger partial charge in [0.05, 0.1) is 4.90 Å². The summed E-state index contributed by atoms with van der Waals surface area (Å²) < 4.78 is 44.2. The highest BCUT2D eigenvalue weighted by molar-refractivity contribution is 7.89. The zero-order valence-corrected chi connectivity index (χ0v) is 19.2. The average Bonchev–Trinajstić information content (AvgIpc) is 3.53. The van der Waals surface area contributed by atoms with Gasteiger partial charge in [-0.05, 0) is 55.5 Å². The summed E-state index contributed by atoms with van der Waals surface area (Å²) in [5.41, 5.74) is 0.756. The minimum absolute atomic E-state index is 0.207. The highest BCUT2D eigenvalue weighted by Gasteiger charge is 2.41. The second kappa shape index (κ2) is 8.96. The van der Waals surface area contributed by atoms with Crippen LogP contribution in [-0.2, 0) is 25.0 Å². The molecule has 0 saturated carbocycles. The molecular weight excluding hydrogens is 444 g/mol. The Balaban J connectivity index is 1.34. The van der Waals surface area contributed by atoms with Crippen molar-refractivity contribution < 1.29 is 27.4 Å². The van der Waals surface area contributed by atoms with Gasteiger partial charge in [-0.2, -0.15) is 4.31 Å². The van der Waals surface area contributed by atoms with Crippen molar-refractivity contribution in [1.29, 1.82) is 0 Å². The van der Waals surface area contributed by atoms with Gasteiger partial charge in [-0.25, -0.2) is 8.42 Å². The first kappa shape index (κ1) is 22.2. The van der Waals surface area contributed by atoms with E-state index in [1.54, 1.807) is 30.3 Å². The minimum atomic E-state index is -3.73. The smallest absolute Gasteiger partial charge is 0.243 e. The molecule has 0 radical (unpaired) electrons. The van der Waals surface area contributed by atoms with Crippen LogP contribution in [-0.4, -0.2) is 57.8 Å². The van der Waals surface area contributed by atoms with Gasteiger partial charge in [0.1, 0.15) is 6.04 Å². The topological polar surface area (TPSA) is 94.2 Å². The van der Waals surface area contributed by atoms with E-state index in [4.69, 9.17) is 14.2 Å². The molecule has 2 aromatic rings. The summed E-state index contributed by atoms with van der Waals surface area (Å²) in [4.78, 5) is 13.5. The standard InChI is InChI=1S/C24H28N2O6S/c27-23(20-7-4-12-26(20)33(28,29)19-5-2-1-3-6-19)25-16-24(10-13-30-14-11-24)18-8-9-21-22(15-18)32-17-31-21/h1-3,5-6,8-9,15,20H,4,7,10-14,16-17H2,(H,25,27). The van der Waals surface area contributed by atoms with Crippen LogP contribution in [0.5, 0.6) is 11.5 Å². The van der Waals surface area contributed by atoms with E-state index >= 15 is 0 Å². The van der Waals surface area contributed by atoms with Crippen LogP contribution in [0.1, 0.15) is 31.2 Å². The number of amides is 1. The number of nitrogens with zero attached hydrogens (tertiary/aromatic N) is 1. The summed E-state index contributed by atoms with van der Waals surface area (Å²) in [6, 6.07) is 13.5. The van der Waals surface area contributed by atoms with Gasteiger partial charge in [-0.15, -0.1) is 0 Å². The Morgan fingerprint density at radius 2 is 1.82 bits per heavy atom. The Kier molecular flexibility index (Phi) is 6.03.